The fraction of sp³-hybridized carbons (Fsp3) is 0.400. The highest BCUT2D eigenvalue weighted by molar-refractivity contribution is 5.69. The van der Waals surface area contributed by atoms with E-state index >= 15 is 0 Å². The Morgan fingerprint density at radius 3 is 3.15 bits per heavy atom. The molecule has 4 nitrogen and oxygen atoms in total. The van der Waals surface area contributed by atoms with E-state index in [9.17, 15) is 9.50 Å². The van der Waals surface area contributed by atoms with E-state index in [4.69, 9.17) is 4.74 Å². The highest BCUT2D eigenvalue weighted by atomic mass is 19.1. The molecule has 0 saturated carbocycles. The largest absolute Gasteiger partial charge is 0.393 e. The highest BCUT2D eigenvalue weighted by Crippen LogP contribution is 2.45. The molecule has 1 saturated heterocycles. The molecule has 0 amide bonds. The normalized spacial score (nSPS) is 28.2. The van der Waals surface area contributed by atoms with Gasteiger partial charge in [0.05, 0.1) is 37.0 Å². The minimum atomic E-state index is -0.477. The van der Waals surface area contributed by atoms with Crippen LogP contribution in [0.5, 0.6) is 0 Å². The molecular weight excluding hydrogens is 259 g/mol. The van der Waals surface area contributed by atoms with E-state index in [2.05, 4.69) is 4.98 Å². The standard InChI is InChI=1S/C15H15FN2O2/c16-11-3-1-2-9-12-6-17-8-18(12)15(14(9)11)10-7-20-5-4-13(10)19/h1-3,6,8,10,13,15,19H,4-5,7H2/t10-,13-,15+/m1/s1. The van der Waals surface area contributed by atoms with Gasteiger partial charge in [-0.3, -0.25) is 0 Å². The summed E-state index contributed by atoms with van der Waals surface area (Å²) in [5.74, 6) is -0.371. The quantitative estimate of drug-likeness (QED) is 0.865. The third-order valence-corrected chi connectivity index (χ3v) is 4.36. The van der Waals surface area contributed by atoms with Crippen LogP contribution >= 0.6 is 0 Å². The number of rotatable bonds is 1. The molecule has 104 valence electrons. The molecule has 1 aromatic carbocycles. The third kappa shape index (κ3) is 1.57. The predicted molar refractivity (Wildman–Crippen MR) is 70.7 cm³/mol. The molecule has 1 aromatic heterocycles. The number of benzene rings is 1. The number of aliphatic hydroxyl groups excluding tert-OH is 1. The van der Waals surface area contributed by atoms with Crippen LogP contribution in [0.4, 0.5) is 4.39 Å². The minimum Gasteiger partial charge on any atom is -0.393 e. The summed E-state index contributed by atoms with van der Waals surface area (Å²) >= 11 is 0. The third-order valence-electron chi connectivity index (χ3n) is 4.36. The summed E-state index contributed by atoms with van der Waals surface area (Å²) in [6.07, 6.45) is 3.57. The smallest absolute Gasteiger partial charge is 0.129 e. The summed E-state index contributed by atoms with van der Waals surface area (Å²) in [5, 5.41) is 10.3. The topological polar surface area (TPSA) is 47.3 Å². The lowest BCUT2D eigenvalue weighted by Gasteiger charge is -2.33. The van der Waals surface area contributed by atoms with Gasteiger partial charge in [0.25, 0.3) is 0 Å². The van der Waals surface area contributed by atoms with E-state index in [1.807, 2.05) is 10.6 Å². The van der Waals surface area contributed by atoms with Gasteiger partial charge >= 0.3 is 0 Å². The Balaban J connectivity index is 1.88. The first-order chi connectivity index (χ1) is 9.77. The van der Waals surface area contributed by atoms with Crippen LogP contribution in [0.25, 0.3) is 11.3 Å². The molecule has 3 atom stereocenters. The van der Waals surface area contributed by atoms with Crippen molar-refractivity contribution >= 4 is 0 Å². The molecule has 20 heavy (non-hydrogen) atoms. The molecule has 0 spiro atoms. The molecule has 2 aliphatic rings. The molecule has 2 aromatic rings. The van der Waals surface area contributed by atoms with E-state index in [0.717, 1.165) is 11.3 Å². The van der Waals surface area contributed by atoms with Crippen LogP contribution in [0, 0.1) is 11.7 Å². The van der Waals surface area contributed by atoms with Crippen LogP contribution < -0.4 is 0 Å². The number of hydrogen-bond acceptors (Lipinski definition) is 3. The molecule has 1 fully saturated rings. The Morgan fingerprint density at radius 2 is 2.30 bits per heavy atom. The maximum atomic E-state index is 14.3. The highest BCUT2D eigenvalue weighted by Gasteiger charge is 2.40. The first-order valence-electron chi connectivity index (χ1n) is 6.84. The van der Waals surface area contributed by atoms with Gasteiger partial charge in [-0.15, -0.1) is 0 Å². The Kier molecular flexibility index (Phi) is 2.65. The van der Waals surface area contributed by atoms with Crippen LogP contribution in [0.2, 0.25) is 0 Å². The fourth-order valence-electron chi connectivity index (χ4n) is 3.41. The lowest BCUT2D eigenvalue weighted by atomic mass is 9.86. The van der Waals surface area contributed by atoms with Gasteiger partial charge in [-0.25, -0.2) is 9.37 Å². The molecule has 5 heteroatoms. The fourth-order valence-corrected chi connectivity index (χ4v) is 3.41. The zero-order valence-electron chi connectivity index (χ0n) is 10.9. The number of imidazole rings is 1. The predicted octanol–water partition coefficient (Wildman–Crippen LogP) is 1.99. The number of ether oxygens (including phenoxy) is 1. The second-order valence-corrected chi connectivity index (χ2v) is 5.43. The van der Waals surface area contributed by atoms with Crippen LogP contribution in [-0.2, 0) is 4.74 Å². The van der Waals surface area contributed by atoms with Gasteiger partial charge in [0, 0.05) is 23.7 Å². The number of hydrogen-bond donors (Lipinski definition) is 1. The van der Waals surface area contributed by atoms with Gasteiger partial charge in [-0.2, -0.15) is 0 Å². The minimum absolute atomic E-state index is 0.144. The van der Waals surface area contributed by atoms with E-state index in [1.165, 1.54) is 6.07 Å². The Labute approximate surface area is 115 Å². The van der Waals surface area contributed by atoms with Crippen molar-refractivity contribution in [1.82, 2.24) is 9.55 Å². The molecule has 1 N–H and O–H groups in total. The molecule has 0 radical (unpaired) electrons. The molecule has 0 aliphatic carbocycles. The van der Waals surface area contributed by atoms with Gasteiger partial charge < -0.3 is 14.4 Å². The summed E-state index contributed by atoms with van der Waals surface area (Å²) in [4.78, 5) is 4.16. The summed E-state index contributed by atoms with van der Waals surface area (Å²) in [5.41, 5.74) is 2.42. The van der Waals surface area contributed by atoms with Crippen molar-refractivity contribution in [2.45, 2.75) is 18.6 Å². The van der Waals surface area contributed by atoms with Crippen molar-refractivity contribution in [2.24, 2.45) is 5.92 Å². The van der Waals surface area contributed by atoms with Crippen molar-refractivity contribution in [3.05, 3.63) is 42.1 Å². The number of nitrogens with zero attached hydrogens (tertiary/aromatic N) is 2. The monoisotopic (exact) mass is 274 g/mol. The number of fused-ring (bicyclic) bond motifs is 3. The molecule has 0 bridgehead atoms. The lowest BCUT2D eigenvalue weighted by molar-refractivity contribution is -0.0484. The van der Waals surface area contributed by atoms with Crippen molar-refractivity contribution in [1.29, 1.82) is 0 Å². The van der Waals surface area contributed by atoms with Crippen LogP contribution in [0.15, 0.2) is 30.7 Å². The first kappa shape index (κ1) is 12.1. The maximum absolute atomic E-state index is 14.3. The summed E-state index contributed by atoms with van der Waals surface area (Å²) in [6.45, 7) is 1.00. The molecular formula is C15H15FN2O2. The van der Waals surface area contributed by atoms with Crippen molar-refractivity contribution in [2.75, 3.05) is 13.2 Å². The van der Waals surface area contributed by atoms with Gasteiger partial charge in [-0.1, -0.05) is 12.1 Å². The van der Waals surface area contributed by atoms with Gasteiger partial charge in [0.2, 0.25) is 0 Å². The summed E-state index contributed by atoms with van der Waals surface area (Å²) in [7, 11) is 0. The first-order valence-corrected chi connectivity index (χ1v) is 6.84. The van der Waals surface area contributed by atoms with Crippen molar-refractivity contribution in [3.63, 3.8) is 0 Å². The average molecular weight is 274 g/mol. The van der Waals surface area contributed by atoms with Gasteiger partial charge in [-0.05, 0) is 12.5 Å². The molecule has 2 aliphatic heterocycles. The van der Waals surface area contributed by atoms with E-state index in [-0.39, 0.29) is 17.8 Å². The Hall–Kier alpha value is -1.72. The van der Waals surface area contributed by atoms with E-state index in [1.54, 1.807) is 18.6 Å². The van der Waals surface area contributed by atoms with Crippen LogP contribution in [0.1, 0.15) is 18.0 Å². The second-order valence-electron chi connectivity index (χ2n) is 5.43. The van der Waals surface area contributed by atoms with Crippen molar-refractivity contribution < 1.29 is 14.2 Å². The maximum Gasteiger partial charge on any atom is 0.129 e. The second kappa shape index (κ2) is 4.40. The molecule has 4 rings (SSSR count). The Morgan fingerprint density at radius 1 is 1.40 bits per heavy atom. The van der Waals surface area contributed by atoms with Crippen LogP contribution in [-0.4, -0.2) is 34.0 Å². The number of aliphatic hydroxyl groups is 1. The Bertz CT molecular complexity index is 655. The van der Waals surface area contributed by atoms with Crippen molar-refractivity contribution in [3.8, 4) is 11.3 Å². The average Bonchev–Trinajstić information content (AvgIpc) is 3.01. The number of halogens is 1. The summed E-state index contributed by atoms with van der Waals surface area (Å²) < 4.78 is 21.8. The lowest BCUT2D eigenvalue weighted by Crippen LogP contribution is -2.37. The van der Waals surface area contributed by atoms with E-state index < -0.39 is 6.10 Å². The van der Waals surface area contributed by atoms with Gasteiger partial charge in [0.1, 0.15) is 5.82 Å². The van der Waals surface area contributed by atoms with E-state index in [0.29, 0.717) is 25.2 Å². The summed E-state index contributed by atoms with van der Waals surface area (Å²) in [6, 6.07) is 4.85. The zero-order valence-corrected chi connectivity index (χ0v) is 10.9. The molecule has 3 heterocycles. The van der Waals surface area contributed by atoms with Crippen LogP contribution in [0.3, 0.4) is 0 Å². The SMILES string of the molecule is O[C@@H]1CCOC[C@H]1[C@H]1c2c(F)cccc2-c2cncn21. The molecule has 0 unspecified atom stereocenters. The zero-order chi connectivity index (χ0) is 13.7. The number of aromatic nitrogens is 2. The van der Waals surface area contributed by atoms with Gasteiger partial charge in [0.15, 0.2) is 0 Å².